The van der Waals surface area contributed by atoms with Crippen LogP contribution in [0.1, 0.15) is 26.7 Å². The number of carbonyl (C=O) groups excluding carboxylic acids is 1. The van der Waals surface area contributed by atoms with Crippen LogP contribution in [0.4, 0.5) is 11.4 Å². The average Bonchev–Trinajstić information content (AvgIpc) is 2.64. The van der Waals surface area contributed by atoms with Crippen LogP contribution in [0.2, 0.25) is 5.02 Å². The lowest BCUT2D eigenvalue weighted by atomic mass is 10.0. The zero-order valence-corrected chi connectivity index (χ0v) is 17.0. The molecule has 0 spiro atoms. The lowest BCUT2D eigenvalue weighted by Gasteiger charge is -2.16. The van der Waals surface area contributed by atoms with Crippen molar-refractivity contribution in [1.29, 1.82) is 0 Å². The Bertz CT molecular complexity index is 894. The summed E-state index contributed by atoms with van der Waals surface area (Å²) in [7, 11) is -2.54. The third kappa shape index (κ3) is 5.37. The number of carbonyl (C=O) groups is 1. The van der Waals surface area contributed by atoms with E-state index in [9.17, 15) is 13.2 Å². The molecule has 6 nitrogen and oxygen atoms in total. The Hall–Kier alpha value is -2.25. The molecule has 27 heavy (non-hydrogen) atoms. The van der Waals surface area contributed by atoms with Gasteiger partial charge >= 0.3 is 0 Å². The molecule has 0 aliphatic heterocycles. The van der Waals surface area contributed by atoms with Crippen LogP contribution in [-0.4, -0.2) is 21.4 Å². The van der Waals surface area contributed by atoms with Crippen molar-refractivity contribution in [3.63, 3.8) is 0 Å². The molecule has 0 saturated heterocycles. The predicted molar refractivity (Wildman–Crippen MR) is 108 cm³/mol. The summed E-state index contributed by atoms with van der Waals surface area (Å²) in [6.45, 7) is 3.88. The van der Waals surface area contributed by atoms with Crippen molar-refractivity contribution >= 4 is 38.9 Å². The Morgan fingerprint density at radius 1 is 1.07 bits per heavy atom. The summed E-state index contributed by atoms with van der Waals surface area (Å²) in [6, 6.07) is 10.8. The predicted octanol–water partition coefficient (Wildman–Crippen LogP) is 4.52. The van der Waals surface area contributed by atoms with E-state index in [1.165, 1.54) is 19.2 Å². The number of halogens is 1. The second-order valence-electron chi connectivity index (χ2n) is 5.98. The van der Waals surface area contributed by atoms with Crippen molar-refractivity contribution in [2.24, 2.45) is 5.92 Å². The highest BCUT2D eigenvalue weighted by Gasteiger charge is 2.22. The summed E-state index contributed by atoms with van der Waals surface area (Å²) < 4.78 is 33.3. The van der Waals surface area contributed by atoms with Gasteiger partial charge in [-0.1, -0.05) is 25.4 Å². The number of sulfonamides is 1. The number of nitrogens with one attached hydrogen (secondary N) is 2. The molecule has 2 aromatic carbocycles. The van der Waals surface area contributed by atoms with Crippen molar-refractivity contribution in [3.8, 4) is 5.75 Å². The van der Waals surface area contributed by atoms with Gasteiger partial charge < -0.3 is 10.1 Å². The van der Waals surface area contributed by atoms with Crippen LogP contribution in [0.25, 0.3) is 0 Å². The van der Waals surface area contributed by atoms with Gasteiger partial charge in [-0.05, 0) is 55.3 Å². The van der Waals surface area contributed by atoms with Crippen LogP contribution in [-0.2, 0) is 14.8 Å². The molecule has 0 unspecified atom stereocenters. The molecule has 1 amide bonds. The van der Waals surface area contributed by atoms with Crippen molar-refractivity contribution < 1.29 is 17.9 Å². The van der Waals surface area contributed by atoms with Gasteiger partial charge in [-0.3, -0.25) is 9.52 Å². The number of hydrogen-bond donors (Lipinski definition) is 2. The van der Waals surface area contributed by atoms with Gasteiger partial charge in [-0.2, -0.15) is 0 Å². The molecule has 2 aromatic rings. The summed E-state index contributed by atoms with van der Waals surface area (Å²) in [5.41, 5.74) is 0.761. The summed E-state index contributed by atoms with van der Waals surface area (Å²) in [5.74, 6) is -0.0875. The number of benzene rings is 2. The molecule has 2 N–H and O–H groups in total. The maximum Gasteiger partial charge on any atom is 0.265 e. The first-order chi connectivity index (χ1) is 12.8. The van der Waals surface area contributed by atoms with E-state index in [1.807, 2.05) is 13.8 Å². The van der Waals surface area contributed by atoms with Crippen LogP contribution < -0.4 is 14.8 Å². The standard InChI is InChI=1S/C19H23ClN2O4S/c1-4-13(5-2)19(23)21-16-10-11-17(26-3)18(12-16)27(24,25)22-15-8-6-14(20)7-9-15/h6-13,22H,4-5H2,1-3H3,(H,21,23). The Morgan fingerprint density at radius 2 is 1.67 bits per heavy atom. The first-order valence-corrected chi connectivity index (χ1v) is 10.4. The zero-order valence-electron chi connectivity index (χ0n) is 15.5. The van der Waals surface area contributed by atoms with E-state index in [-0.39, 0.29) is 22.5 Å². The number of ether oxygens (including phenoxy) is 1. The highest BCUT2D eigenvalue weighted by atomic mass is 35.5. The van der Waals surface area contributed by atoms with Crippen molar-refractivity contribution in [2.75, 3.05) is 17.1 Å². The summed E-state index contributed by atoms with van der Waals surface area (Å²) in [4.78, 5) is 12.2. The van der Waals surface area contributed by atoms with E-state index in [0.29, 0.717) is 29.2 Å². The number of amides is 1. The quantitative estimate of drug-likeness (QED) is 0.669. The van der Waals surface area contributed by atoms with E-state index in [4.69, 9.17) is 16.3 Å². The highest BCUT2D eigenvalue weighted by Crippen LogP contribution is 2.29. The molecule has 146 valence electrons. The van der Waals surface area contributed by atoms with Gasteiger partial charge in [0.15, 0.2) is 0 Å². The summed E-state index contributed by atoms with van der Waals surface area (Å²) in [5, 5.41) is 3.28. The molecular formula is C19H23ClN2O4S. The summed E-state index contributed by atoms with van der Waals surface area (Å²) >= 11 is 5.83. The second kappa shape index (κ2) is 9.10. The van der Waals surface area contributed by atoms with Crippen LogP contribution in [0, 0.1) is 5.92 Å². The Kier molecular flexibility index (Phi) is 7.10. The monoisotopic (exact) mass is 410 g/mol. The van der Waals surface area contributed by atoms with E-state index < -0.39 is 10.0 Å². The molecule has 2 rings (SSSR count). The molecular weight excluding hydrogens is 388 g/mol. The fourth-order valence-corrected chi connectivity index (χ4v) is 3.98. The maximum atomic E-state index is 12.8. The lowest BCUT2D eigenvalue weighted by Crippen LogP contribution is -2.22. The SMILES string of the molecule is CCC(CC)C(=O)Nc1ccc(OC)c(S(=O)(=O)Nc2ccc(Cl)cc2)c1. The second-order valence-corrected chi connectivity index (χ2v) is 8.07. The molecule has 0 aliphatic rings. The van der Waals surface area contributed by atoms with E-state index in [1.54, 1.807) is 30.3 Å². The maximum absolute atomic E-state index is 12.8. The molecule has 0 aromatic heterocycles. The fraction of sp³-hybridized carbons (Fsp3) is 0.316. The van der Waals surface area contributed by atoms with Crippen LogP contribution in [0.5, 0.6) is 5.75 Å². The van der Waals surface area contributed by atoms with Gasteiger partial charge in [0.1, 0.15) is 10.6 Å². The van der Waals surface area contributed by atoms with Crippen LogP contribution in [0.3, 0.4) is 0 Å². The number of anilines is 2. The molecule has 0 bridgehead atoms. The molecule has 0 saturated carbocycles. The van der Waals surface area contributed by atoms with Crippen LogP contribution in [0.15, 0.2) is 47.4 Å². The van der Waals surface area contributed by atoms with Crippen molar-refractivity contribution in [2.45, 2.75) is 31.6 Å². The third-order valence-electron chi connectivity index (χ3n) is 4.17. The highest BCUT2D eigenvalue weighted by molar-refractivity contribution is 7.92. The third-order valence-corrected chi connectivity index (χ3v) is 5.83. The molecule has 8 heteroatoms. The molecule has 0 heterocycles. The minimum Gasteiger partial charge on any atom is -0.495 e. The van der Waals surface area contributed by atoms with Crippen LogP contribution >= 0.6 is 11.6 Å². The first-order valence-electron chi connectivity index (χ1n) is 8.58. The van der Waals surface area contributed by atoms with Gasteiger partial charge in [-0.25, -0.2) is 8.42 Å². The molecule has 0 atom stereocenters. The van der Waals surface area contributed by atoms with Crippen molar-refractivity contribution in [1.82, 2.24) is 0 Å². The minimum atomic E-state index is -3.93. The minimum absolute atomic E-state index is 0.0673. The Morgan fingerprint density at radius 3 is 2.22 bits per heavy atom. The Labute approximate surface area is 164 Å². The van der Waals surface area contributed by atoms with Gasteiger partial charge in [-0.15, -0.1) is 0 Å². The zero-order chi connectivity index (χ0) is 20.0. The topological polar surface area (TPSA) is 84.5 Å². The molecule has 0 aliphatic carbocycles. The van der Waals surface area contributed by atoms with E-state index >= 15 is 0 Å². The number of rotatable bonds is 8. The first kappa shape index (κ1) is 21.1. The number of hydrogen-bond acceptors (Lipinski definition) is 4. The van der Waals surface area contributed by atoms with Gasteiger partial charge in [0.25, 0.3) is 10.0 Å². The van der Waals surface area contributed by atoms with Gasteiger partial charge in [0, 0.05) is 22.3 Å². The van der Waals surface area contributed by atoms with Gasteiger partial charge in [0.2, 0.25) is 5.91 Å². The molecule has 0 fully saturated rings. The average molecular weight is 411 g/mol. The normalized spacial score (nSPS) is 11.3. The fourth-order valence-electron chi connectivity index (χ4n) is 2.60. The van der Waals surface area contributed by atoms with Crippen molar-refractivity contribution in [3.05, 3.63) is 47.5 Å². The molecule has 0 radical (unpaired) electrons. The smallest absolute Gasteiger partial charge is 0.265 e. The van der Waals surface area contributed by atoms with E-state index in [0.717, 1.165) is 0 Å². The lowest BCUT2D eigenvalue weighted by molar-refractivity contribution is -0.120. The summed E-state index contributed by atoms with van der Waals surface area (Å²) in [6.07, 6.45) is 1.42. The van der Waals surface area contributed by atoms with Gasteiger partial charge in [0.05, 0.1) is 7.11 Å². The van der Waals surface area contributed by atoms with E-state index in [2.05, 4.69) is 10.0 Å². The largest absolute Gasteiger partial charge is 0.495 e. The number of methoxy groups -OCH3 is 1. The Balaban J connectivity index is 2.33.